The maximum atomic E-state index is 11.8. The molecule has 0 bridgehead atoms. The molecule has 0 aliphatic heterocycles. The number of esters is 1. The Morgan fingerprint density at radius 1 is 1.20 bits per heavy atom. The number of methoxy groups -OCH3 is 1. The molecule has 5 heteroatoms. The van der Waals surface area contributed by atoms with Crippen LogP contribution >= 0.6 is 15.9 Å². The lowest BCUT2D eigenvalue weighted by Gasteiger charge is -2.03. The Morgan fingerprint density at radius 2 is 2.00 bits per heavy atom. The second kappa shape index (κ2) is 5.09. The summed E-state index contributed by atoms with van der Waals surface area (Å²) in [6.45, 7) is 0. The Bertz CT molecular complexity index is 795. The minimum absolute atomic E-state index is 0.322. The first-order valence-corrected chi connectivity index (χ1v) is 6.82. The van der Waals surface area contributed by atoms with Crippen LogP contribution in [0.15, 0.2) is 53.0 Å². The van der Waals surface area contributed by atoms with Crippen LogP contribution in [0, 0.1) is 0 Å². The number of para-hydroxylation sites is 1. The maximum Gasteiger partial charge on any atom is 0.359 e. The Hall–Kier alpha value is -2.14. The summed E-state index contributed by atoms with van der Waals surface area (Å²) in [7, 11) is 1.36. The van der Waals surface area contributed by atoms with Crippen molar-refractivity contribution in [3.8, 4) is 5.69 Å². The fourth-order valence-electron chi connectivity index (χ4n) is 2.12. The minimum Gasteiger partial charge on any atom is -0.464 e. The van der Waals surface area contributed by atoms with Gasteiger partial charge in [-0.3, -0.25) is 0 Å². The summed E-state index contributed by atoms with van der Waals surface area (Å²) in [6, 6.07) is 15.3. The van der Waals surface area contributed by atoms with Crippen molar-refractivity contribution >= 4 is 32.8 Å². The van der Waals surface area contributed by atoms with Crippen LogP contribution in [0.1, 0.15) is 10.5 Å². The number of nitrogens with zero attached hydrogens (tertiary/aromatic N) is 2. The van der Waals surface area contributed by atoms with Crippen molar-refractivity contribution in [2.45, 2.75) is 0 Å². The van der Waals surface area contributed by atoms with Gasteiger partial charge in [0.05, 0.1) is 18.3 Å². The number of hydrogen-bond acceptors (Lipinski definition) is 3. The van der Waals surface area contributed by atoms with Crippen molar-refractivity contribution in [1.29, 1.82) is 0 Å². The summed E-state index contributed by atoms with van der Waals surface area (Å²) in [4.78, 5) is 11.8. The maximum absolute atomic E-state index is 11.8. The highest BCUT2D eigenvalue weighted by molar-refractivity contribution is 9.10. The molecule has 0 radical (unpaired) electrons. The van der Waals surface area contributed by atoms with Gasteiger partial charge in [0.25, 0.3) is 0 Å². The lowest BCUT2D eigenvalue weighted by atomic mass is 10.2. The summed E-state index contributed by atoms with van der Waals surface area (Å²) >= 11 is 3.44. The van der Waals surface area contributed by atoms with E-state index in [4.69, 9.17) is 4.74 Å². The zero-order valence-electron chi connectivity index (χ0n) is 10.7. The molecule has 0 atom stereocenters. The van der Waals surface area contributed by atoms with Crippen LogP contribution < -0.4 is 0 Å². The highest BCUT2D eigenvalue weighted by Gasteiger charge is 2.17. The minimum atomic E-state index is -0.435. The van der Waals surface area contributed by atoms with E-state index in [1.54, 1.807) is 4.68 Å². The first-order chi connectivity index (χ1) is 9.70. The molecule has 20 heavy (non-hydrogen) atoms. The third-order valence-corrected chi connectivity index (χ3v) is 3.51. The zero-order valence-corrected chi connectivity index (χ0v) is 12.3. The van der Waals surface area contributed by atoms with Crippen LogP contribution in [-0.4, -0.2) is 22.9 Å². The molecule has 0 saturated carbocycles. The third-order valence-electron chi connectivity index (χ3n) is 3.02. The van der Waals surface area contributed by atoms with Gasteiger partial charge in [-0.05, 0) is 24.3 Å². The topological polar surface area (TPSA) is 44.1 Å². The van der Waals surface area contributed by atoms with E-state index in [-0.39, 0.29) is 0 Å². The summed E-state index contributed by atoms with van der Waals surface area (Å²) in [5, 5.41) is 5.17. The SMILES string of the molecule is COC(=O)c1nn(-c2cccc(Br)c2)c2ccccc12. The highest BCUT2D eigenvalue weighted by Crippen LogP contribution is 2.24. The van der Waals surface area contributed by atoms with Crippen molar-refractivity contribution in [3.05, 3.63) is 58.7 Å². The molecular weight excluding hydrogens is 320 g/mol. The summed E-state index contributed by atoms with van der Waals surface area (Å²) < 4.78 is 7.49. The van der Waals surface area contributed by atoms with Crippen LogP contribution in [0.25, 0.3) is 16.6 Å². The molecule has 1 aromatic heterocycles. The summed E-state index contributed by atoms with van der Waals surface area (Å²) in [5.41, 5.74) is 2.07. The van der Waals surface area contributed by atoms with Crippen molar-refractivity contribution in [3.63, 3.8) is 0 Å². The average Bonchev–Trinajstić information content (AvgIpc) is 2.86. The number of hydrogen-bond donors (Lipinski definition) is 0. The van der Waals surface area contributed by atoms with Crippen molar-refractivity contribution < 1.29 is 9.53 Å². The number of fused-ring (bicyclic) bond motifs is 1. The Morgan fingerprint density at radius 3 is 2.75 bits per heavy atom. The van der Waals surface area contributed by atoms with E-state index in [0.29, 0.717) is 5.69 Å². The van der Waals surface area contributed by atoms with E-state index in [0.717, 1.165) is 21.1 Å². The second-order valence-corrected chi connectivity index (χ2v) is 5.16. The number of benzene rings is 2. The van der Waals surface area contributed by atoms with E-state index in [2.05, 4.69) is 21.0 Å². The standard InChI is InChI=1S/C15H11BrN2O2/c1-20-15(19)14-12-7-2-3-8-13(12)18(17-14)11-6-4-5-10(16)9-11/h2-9H,1H3. The lowest BCUT2D eigenvalue weighted by molar-refractivity contribution is 0.0595. The molecule has 0 aliphatic rings. The molecule has 2 aromatic carbocycles. The van der Waals surface area contributed by atoms with Gasteiger partial charge < -0.3 is 4.74 Å². The van der Waals surface area contributed by atoms with Gasteiger partial charge in [-0.2, -0.15) is 5.10 Å². The molecule has 0 aliphatic carbocycles. The van der Waals surface area contributed by atoms with Crippen LogP contribution in [0.2, 0.25) is 0 Å². The van der Waals surface area contributed by atoms with Crippen LogP contribution in [0.3, 0.4) is 0 Å². The van der Waals surface area contributed by atoms with Gasteiger partial charge >= 0.3 is 5.97 Å². The monoisotopic (exact) mass is 330 g/mol. The predicted molar refractivity (Wildman–Crippen MR) is 80.1 cm³/mol. The molecule has 0 saturated heterocycles. The van der Waals surface area contributed by atoms with E-state index in [1.807, 2.05) is 48.5 Å². The molecule has 0 N–H and O–H groups in total. The first kappa shape index (κ1) is 12.9. The number of aromatic nitrogens is 2. The second-order valence-electron chi connectivity index (χ2n) is 4.25. The van der Waals surface area contributed by atoms with Gasteiger partial charge in [0.1, 0.15) is 0 Å². The Labute approximate surface area is 124 Å². The summed E-state index contributed by atoms with van der Waals surface area (Å²) in [6.07, 6.45) is 0. The van der Waals surface area contributed by atoms with E-state index in [9.17, 15) is 4.79 Å². The number of carbonyl (C=O) groups is 1. The fourth-order valence-corrected chi connectivity index (χ4v) is 2.51. The van der Waals surface area contributed by atoms with E-state index >= 15 is 0 Å². The molecular formula is C15H11BrN2O2. The largest absolute Gasteiger partial charge is 0.464 e. The number of ether oxygens (including phenoxy) is 1. The van der Waals surface area contributed by atoms with Crippen molar-refractivity contribution in [2.75, 3.05) is 7.11 Å². The molecule has 0 amide bonds. The number of carbonyl (C=O) groups excluding carboxylic acids is 1. The Balaban J connectivity index is 2.29. The van der Waals surface area contributed by atoms with Crippen molar-refractivity contribution in [2.24, 2.45) is 0 Å². The van der Waals surface area contributed by atoms with Gasteiger partial charge in [0.15, 0.2) is 5.69 Å². The fraction of sp³-hybridized carbons (Fsp3) is 0.0667. The molecule has 100 valence electrons. The average molecular weight is 331 g/mol. The molecule has 0 fully saturated rings. The highest BCUT2D eigenvalue weighted by atomic mass is 79.9. The zero-order chi connectivity index (χ0) is 14.1. The summed E-state index contributed by atoms with van der Waals surface area (Å²) in [5.74, 6) is -0.435. The van der Waals surface area contributed by atoms with Gasteiger partial charge in [-0.25, -0.2) is 9.48 Å². The van der Waals surface area contributed by atoms with Gasteiger partial charge in [-0.1, -0.05) is 40.2 Å². The number of halogens is 1. The molecule has 3 rings (SSSR count). The van der Waals surface area contributed by atoms with Gasteiger partial charge in [-0.15, -0.1) is 0 Å². The molecule has 4 nitrogen and oxygen atoms in total. The van der Waals surface area contributed by atoms with Crippen LogP contribution in [0.4, 0.5) is 0 Å². The lowest BCUT2D eigenvalue weighted by Crippen LogP contribution is -2.04. The number of rotatable bonds is 2. The van der Waals surface area contributed by atoms with Crippen LogP contribution in [0.5, 0.6) is 0 Å². The van der Waals surface area contributed by atoms with Gasteiger partial charge in [0, 0.05) is 9.86 Å². The molecule has 0 spiro atoms. The van der Waals surface area contributed by atoms with Gasteiger partial charge in [0.2, 0.25) is 0 Å². The first-order valence-electron chi connectivity index (χ1n) is 6.03. The molecule has 1 heterocycles. The van der Waals surface area contributed by atoms with Crippen molar-refractivity contribution in [1.82, 2.24) is 9.78 Å². The van der Waals surface area contributed by atoms with Crippen LogP contribution in [-0.2, 0) is 4.74 Å². The molecule has 3 aromatic rings. The Kier molecular flexibility index (Phi) is 3.28. The quantitative estimate of drug-likeness (QED) is 0.674. The van der Waals surface area contributed by atoms with E-state index < -0.39 is 5.97 Å². The smallest absolute Gasteiger partial charge is 0.359 e. The molecule has 0 unspecified atom stereocenters. The predicted octanol–water partition coefficient (Wildman–Crippen LogP) is 3.57. The normalized spacial score (nSPS) is 10.7. The van der Waals surface area contributed by atoms with E-state index in [1.165, 1.54) is 7.11 Å². The third kappa shape index (κ3) is 2.10.